The minimum Gasteiger partial charge on any atom is -0.399 e. The monoisotopic (exact) mass is 335 g/mol. The summed E-state index contributed by atoms with van der Waals surface area (Å²) in [5.74, 6) is -0.441. The SMILES string of the molecule is CCN1CC=C2C(C#N)=C(N)C(C#N)(C#N)[C@H](c3cccs3)[C@@H]2C1. The van der Waals surface area contributed by atoms with Crippen LogP contribution in [0.1, 0.15) is 17.7 Å². The van der Waals surface area contributed by atoms with E-state index in [1.165, 1.54) is 11.3 Å². The molecule has 1 aromatic heterocycles. The van der Waals surface area contributed by atoms with Crippen molar-refractivity contribution in [3.05, 3.63) is 45.3 Å². The normalized spacial score (nSPS) is 25.8. The first kappa shape index (κ1) is 16.3. The maximum atomic E-state index is 9.88. The van der Waals surface area contributed by atoms with Gasteiger partial charge in [0.05, 0.1) is 23.4 Å². The van der Waals surface area contributed by atoms with Crippen molar-refractivity contribution in [2.24, 2.45) is 17.1 Å². The second-order valence-corrected chi connectivity index (χ2v) is 7.02. The van der Waals surface area contributed by atoms with E-state index in [-0.39, 0.29) is 17.5 Å². The van der Waals surface area contributed by atoms with E-state index in [9.17, 15) is 15.8 Å². The molecule has 6 heteroatoms. The van der Waals surface area contributed by atoms with Gasteiger partial charge in [0.1, 0.15) is 6.07 Å². The first-order valence-electron chi connectivity index (χ1n) is 7.81. The summed E-state index contributed by atoms with van der Waals surface area (Å²) in [5.41, 5.74) is 6.02. The van der Waals surface area contributed by atoms with Crippen LogP contribution < -0.4 is 5.73 Å². The number of fused-ring (bicyclic) bond motifs is 1. The average molecular weight is 335 g/mol. The Morgan fingerprint density at radius 2 is 2.12 bits per heavy atom. The second-order valence-electron chi connectivity index (χ2n) is 6.04. The number of hydrogen-bond donors (Lipinski definition) is 1. The Kier molecular flexibility index (Phi) is 4.16. The molecule has 2 heterocycles. The van der Waals surface area contributed by atoms with E-state index in [2.05, 4.69) is 30.0 Å². The third-order valence-electron chi connectivity index (χ3n) is 5.04. The van der Waals surface area contributed by atoms with Crippen molar-refractivity contribution in [3.8, 4) is 18.2 Å². The van der Waals surface area contributed by atoms with Gasteiger partial charge >= 0.3 is 0 Å². The molecule has 2 atom stereocenters. The molecule has 0 bridgehead atoms. The number of thiophene rings is 1. The molecule has 120 valence electrons. The van der Waals surface area contributed by atoms with Crippen LogP contribution in [0.25, 0.3) is 0 Å². The van der Waals surface area contributed by atoms with Crippen LogP contribution in [0.4, 0.5) is 0 Å². The zero-order valence-corrected chi connectivity index (χ0v) is 14.2. The first-order chi connectivity index (χ1) is 11.6. The Bertz CT molecular complexity index is 814. The van der Waals surface area contributed by atoms with Crippen molar-refractivity contribution in [1.29, 1.82) is 15.8 Å². The molecule has 2 N–H and O–H groups in total. The van der Waals surface area contributed by atoms with Crippen LogP contribution in [0.15, 0.2) is 40.4 Å². The van der Waals surface area contributed by atoms with Gasteiger partial charge in [0.25, 0.3) is 0 Å². The fourth-order valence-electron chi connectivity index (χ4n) is 3.77. The average Bonchev–Trinajstić information content (AvgIpc) is 3.14. The number of likely N-dealkylation sites (N-methyl/N-ethyl adjacent to an activating group) is 1. The minimum absolute atomic E-state index is 0.0846. The van der Waals surface area contributed by atoms with Crippen LogP contribution in [0.5, 0.6) is 0 Å². The van der Waals surface area contributed by atoms with Gasteiger partial charge in [-0.15, -0.1) is 11.3 Å². The number of hydrogen-bond acceptors (Lipinski definition) is 6. The molecule has 5 nitrogen and oxygen atoms in total. The van der Waals surface area contributed by atoms with Gasteiger partial charge in [-0.05, 0) is 23.6 Å². The molecular weight excluding hydrogens is 318 g/mol. The fourth-order valence-corrected chi connectivity index (χ4v) is 4.73. The highest BCUT2D eigenvalue weighted by molar-refractivity contribution is 7.10. The van der Waals surface area contributed by atoms with Gasteiger partial charge in [-0.2, -0.15) is 15.8 Å². The highest BCUT2D eigenvalue weighted by Crippen LogP contribution is 2.54. The van der Waals surface area contributed by atoms with Crippen molar-refractivity contribution in [3.63, 3.8) is 0 Å². The molecule has 2 aliphatic rings. The predicted octanol–water partition coefficient (Wildman–Crippen LogP) is 2.49. The maximum Gasteiger partial charge on any atom is 0.192 e. The summed E-state index contributed by atoms with van der Waals surface area (Å²) in [6.45, 7) is 4.43. The summed E-state index contributed by atoms with van der Waals surface area (Å²) < 4.78 is 0. The summed E-state index contributed by atoms with van der Waals surface area (Å²) in [5, 5.41) is 31.3. The molecule has 0 saturated carbocycles. The van der Waals surface area contributed by atoms with Gasteiger partial charge in [0.15, 0.2) is 5.41 Å². The third-order valence-corrected chi connectivity index (χ3v) is 5.99. The van der Waals surface area contributed by atoms with E-state index < -0.39 is 5.41 Å². The van der Waals surface area contributed by atoms with Gasteiger partial charge in [-0.25, -0.2) is 0 Å². The van der Waals surface area contributed by atoms with E-state index in [1.807, 2.05) is 23.6 Å². The highest BCUT2D eigenvalue weighted by Gasteiger charge is 2.54. The summed E-state index contributed by atoms with van der Waals surface area (Å²) in [6.07, 6.45) is 2.03. The molecule has 3 rings (SSSR count). The molecule has 1 aliphatic carbocycles. The van der Waals surface area contributed by atoms with Crippen LogP contribution in [0.2, 0.25) is 0 Å². The van der Waals surface area contributed by atoms with Crippen molar-refractivity contribution in [1.82, 2.24) is 4.90 Å². The van der Waals surface area contributed by atoms with Gasteiger partial charge < -0.3 is 5.73 Å². The van der Waals surface area contributed by atoms with E-state index in [0.29, 0.717) is 12.1 Å². The lowest BCUT2D eigenvalue weighted by molar-refractivity contribution is 0.216. The summed E-state index contributed by atoms with van der Waals surface area (Å²) in [4.78, 5) is 3.22. The molecule has 0 aromatic carbocycles. The Hall–Kier alpha value is -2.59. The molecule has 0 fully saturated rings. The zero-order chi connectivity index (χ0) is 17.3. The van der Waals surface area contributed by atoms with Crippen LogP contribution in [-0.4, -0.2) is 24.5 Å². The molecular formula is C18H17N5S. The molecule has 0 radical (unpaired) electrons. The zero-order valence-electron chi connectivity index (χ0n) is 13.4. The summed E-state index contributed by atoms with van der Waals surface area (Å²) >= 11 is 1.53. The van der Waals surface area contributed by atoms with Gasteiger partial charge in [-0.1, -0.05) is 19.1 Å². The van der Waals surface area contributed by atoms with E-state index >= 15 is 0 Å². The smallest absolute Gasteiger partial charge is 0.192 e. The Morgan fingerprint density at radius 3 is 2.67 bits per heavy atom. The molecule has 24 heavy (non-hydrogen) atoms. The highest BCUT2D eigenvalue weighted by atomic mass is 32.1. The van der Waals surface area contributed by atoms with E-state index in [0.717, 1.165) is 23.5 Å². The standard InChI is InChI=1S/C18H17N5S/c1-2-23-6-5-12-13(8-19)17(22)18(10-20,11-21)16(14(12)9-23)15-4-3-7-24-15/h3-5,7,14,16H,2,6,9,22H2,1H3/t14-,16+/m1/s1. The first-order valence-corrected chi connectivity index (χ1v) is 8.69. The summed E-state index contributed by atoms with van der Waals surface area (Å²) in [6, 6.07) is 10.3. The van der Waals surface area contributed by atoms with Crippen LogP contribution >= 0.6 is 11.3 Å². The van der Waals surface area contributed by atoms with Crippen LogP contribution in [-0.2, 0) is 0 Å². The molecule has 0 amide bonds. The minimum atomic E-state index is -1.51. The molecule has 1 aliphatic heterocycles. The predicted molar refractivity (Wildman–Crippen MR) is 91.2 cm³/mol. The lowest BCUT2D eigenvalue weighted by Gasteiger charge is -2.44. The van der Waals surface area contributed by atoms with Gasteiger partial charge in [-0.3, -0.25) is 4.90 Å². The van der Waals surface area contributed by atoms with E-state index in [1.54, 1.807) is 0 Å². The van der Waals surface area contributed by atoms with Crippen molar-refractivity contribution in [2.45, 2.75) is 12.8 Å². The molecule has 1 aromatic rings. The van der Waals surface area contributed by atoms with Gasteiger partial charge in [0, 0.05) is 29.8 Å². The lowest BCUT2D eigenvalue weighted by atomic mass is 9.59. The number of nitrogens with zero attached hydrogens (tertiary/aromatic N) is 4. The number of nitriles is 3. The summed E-state index contributed by atoms with van der Waals surface area (Å²) in [7, 11) is 0. The molecule has 0 saturated heterocycles. The lowest BCUT2D eigenvalue weighted by Crippen LogP contribution is -2.47. The van der Waals surface area contributed by atoms with Crippen molar-refractivity contribution in [2.75, 3.05) is 19.6 Å². The van der Waals surface area contributed by atoms with Gasteiger partial charge in [0.2, 0.25) is 0 Å². The maximum absolute atomic E-state index is 9.88. The number of allylic oxidation sites excluding steroid dienone is 2. The van der Waals surface area contributed by atoms with Crippen LogP contribution in [0.3, 0.4) is 0 Å². The molecule has 0 unspecified atom stereocenters. The largest absolute Gasteiger partial charge is 0.399 e. The van der Waals surface area contributed by atoms with Crippen molar-refractivity contribution >= 4 is 11.3 Å². The molecule has 0 spiro atoms. The topological polar surface area (TPSA) is 101 Å². The van der Waals surface area contributed by atoms with Crippen LogP contribution in [0, 0.1) is 45.3 Å². The van der Waals surface area contributed by atoms with E-state index in [4.69, 9.17) is 5.73 Å². The fraction of sp³-hybridized carbons (Fsp3) is 0.389. The number of nitrogens with two attached hydrogens (primary N) is 1. The van der Waals surface area contributed by atoms with Crippen molar-refractivity contribution < 1.29 is 0 Å². The Morgan fingerprint density at radius 1 is 1.38 bits per heavy atom. The third kappa shape index (κ3) is 2.14. The second kappa shape index (κ2) is 6.13. The quantitative estimate of drug-likeness (QED) is 0.895. The number of rotatable bonds is 2. The Labute approximate surface area is 145 Å². The Balaban J connectivity index is 2.29.